The van der Waals surface area contributed by atoms with Gasteiger partial charge in [0.2, 0.25) is 0 Å². The van der Waals surface area contributed by atoms with Crippen LogP contribution in [0.2, 0.25) is 0 Å². The minimum atomic E-state index is -3.94. The van der Waals surface area contributed by atoms with E-state index in [4.69, 9.17) is 10.7 Å². The van der Waals surface area contributed by atoms with Gasteiger partial charge in [0.1, 0.15) is 0 Å². The largest absolute Gasteiger partial charge is 0.273 e. The Hall–Kier alpha value is -1.14. The highest BCUT2D eigenvalue weighted by Gasteiger charge is 2.20. The van der Waals surface area contributed by atoms with Crippen molar-refractivity contribution in [2.45, 2.75) is 18.7 Å². The lowest BCUT2D eigenvalue weighted by Gasteiger charge is -2.03. The molecule has 0 fully saturated rings. The maximum Gasteiger partial charge on any atom is 0.273 e. The molecule has 1 rings (SSSR count). The Bertz CT molecular complexity index is 524. The topological polar surface area (TPSA) is 77.3 Å². The van der Waals surface area contributed by atoms with Gasteiger partial charge in [0.25, 0.3) is 14.7 Å². The number of nitro groups is 1. The van der Waals surface area contributed by atoms with Crippen molar-refractivity contribution in [2.75, 3.05) is 0 Å². The second-order valence-corrected chi connectivity index (χ2v) is 5.63. The molecular weight excluding hydrogens is 242 g/mol. The van der Waals surface area contributed by atoms with Crippen LogP contribution in [0.5, 0.6) is 0 Å². The van der Waals surface area contributed by atoms with Crippen LogP contribution in [0.3, 0.4) is 0 Å². The summed E-state index contributed by atoms with van der Waals surface area (Å²) in [6.45, 7) is 3.07. The molecule has 0 aliphatic carbocycles. The van der Waals surface area contributed by atoms with Gasteiger partial charge in [-0.15, -0.1) is 0 Å². The van der Waals surface area contributed by atoms with E-state index in [0.717, 1.165) is 6.07 Å². The zero-order valence-corrected chi connectivity index (χ0v) is 9.59. The number of rotatable bonds is 2. The van der Waals surface area contributed by atoms with Crippen molar-refractivity contribution in [1.82, 2.24) is 0 Å². The summed E-state index contributed by atoms with van der Waals surface area (Å²) in [6.07, 6.45) is 0. The molecule has 7 heteroatoms. The lowest BCUT2D eigenvalue weighted by molar-refractivity contribution is -0.385. The van der Waals surface area contributed by atoms with Crippen molar-refractivity contribution >= 4 is 25.4 Å². The van der Waals surface area contributed by atoms with Gasteiger partial charge in [-0.2, -0.15) is 0 Å². The van der Waals surface area contributed by atoms with E-state index in [-0.39, 0.29) is 10.6 Å². The first-order valence-corrected chi connectivity index (χ1v) is 6.24. The average Bonchev–Trinajstić information content (AvgIpc) is 2.00. The minimum Gasteiger partial charge on any atom is -0.258 e. The summed E-state index contributed by atoms with van der Waals surface area (Å²) in [5.41, 5.74) is 0.550. The molecule has 0 amide bonds. The van der Waals surface area contributed by atoms with Gasteiger partial charge >= 0.3 is 0 Å². The third kappa shape index (κ3) is 2.45. The molecule has 0 bridgehead atoms. The highest BCUT2D eigenvalue weighted by atomic mass is 35.7. The summed E-state index contributed by atoms with van der Waals surface area (Å²) >= 11 is 0. The minimum absolute atomic E-state index is 0.221. The number of nitrogens with zero attached hydrogens (tertiary/aromatic N) is 1. The van der Waals surface area contributed by atoms with Crippen molar-refractivity contribution in [3.63, 3.8) is 0 Å². The Kier molecular flexibility index (Phi) is 3.01. The maximum absolute atomic E-state index is 11.1. The first-order valence-electron chi connectivity index (χ1n) is 3.94. The molecule has 0 aromatic heterocycles. The molecule has 0 saturated carbocycles. The molecular formula is C8H8ClNO4S. The number of halogens is 1. The number of benzene rings is 1. The van der Waals surface area contributed by atoms with E-state index < -0.39 is 14.0 Å². The molecule has 0 atom stereocenters. The van der Waals surface area contributed by atoms with Crippen molar-refractivity contribution in [3.8, 4) is 0 Å². The van der Waals surface area contributed by atoms with Crippen molar-refractivity contribution < 1.29 is 13.3 Å². The zero-order valence-electron chi connectivity index (χ0n) is 8.02. The summed E-state index contributed by atoms with van der Waals surface area (Å²) in [7, 11) is 1.20. The number of hydrogen-bond acceptors (Lipinski definition) is 4. The molecule has 0 N–H and O–H groups in total. The van der Waals surface area contributed by atoms with Gasteiger partial charge in [0.05, 0.1) is 9.82 Å². The van der Waals surface area contributed by atoms with Gasteiger partial charge in [-0.3, -0.25) is 10.1 Å². The van der Waals surface area contributed by atoms with E-state index >= 15 is 0 Å². The van der Waals surface area contributed by atoms with E-state index in [1.165, 1.54) is 19.9 Å². The monoisotopic (exact) mass is 249 g/mol. The quantitative estimate of drug-likeness (QED) is 0.457. The van der Waals surface area contributed by atoms with E-state index in [0.29, 0.717) is 11.1 Å². The van der Waals surface area contributed by atoms with E-state index in [1.807, 2.05) is 0 Å². The van der Waals surface area contributed by atoms with E-state index in [1.54, 1.807) is 0 Å². The molecule has 0 heterocycles. The number of aryl methyl sites for hydroxylation is 2. The summed E-state index contributed by atoms with van der Waals surface area (Å²) in [4.78, 5) is 9.72. The van der Waals surface area contributed by atoms with Crippen LogP contribution in [0.15, 0.2) is 17.0 Å². The highest BCUT2D eigenvalue weighted by molar-refractivity contribution is 8.13. The van der Waals surface area contributed by atoms with Crippen LogP contribution in [0.4, 0.5) is 5.69 Å². The molecule has 5 nitrogen and oxygen atoms in total. The molecule has 82 valence electrons. The lowest BCUT2D eigenvalue weighted by atomic mass is 10.1. The molecule has 0 aliphatic heterocycles. The lowest BCUT2D eigenvalue weighted by Crippen LogP contribution is -1.99. The molecule has 1 aromatic carbocycles. The van der Waals surface area contributed by atoms with Crippen molar-refractivity contribution in [2.24, 2.45) is 0 Å². The van der Waals surface area contributed by atoms with Crippen LogP contribution in [0.25, 0.3) is 0 Å². The number of hydrogen-bond donors (Lipinski definition) is 0. The molecule has 0 aliphatic rings. The van der Waals surface area contributed by atoms with Gasteiger partial charge in [-0.1, -0.05) is 0 Å². The third-order valence-corrected chi connectivity index (χ3v) is 3.42. The smallest absolute Gasteiger partial charge is 0.258 e. The molecule has 0 spiro atoms. The van der Waals surface area contributed by atoms with Crippen LogP contribution in [-0.4, -0.2) is 13.3 Å². The predicted octanol–water partition coefficient (Wildman–Crippen LogP) is 2.14. The van der Waals surface area contributed by atoms with Crippen molar-refractivity contribution in [1.29, 1.82) is 0 Å². The van der Waals surface area contributed by atoms with E-state index in [2.05, 4.69) is 0 Å². The Morgan fingerprint density at radius 3 is 2.20 bits per heavy atom. The van der Waals surface area contributed by atoms with Gasteiger partial charge in [-0.25, -0.2) is 8.42 Å². The van der Waals surface area contributed by atoms with Gasteiger partial charge < -0.3 is 0 Å². The van der Waals surface area contributed by atoms with Crippen LogP contribution in [0, 0.1) is 24.0 Å². The second kappa shape index (κ2) is 3.79. The van der Waals surface area contributed by atoms with Crippen LogP contribution < -0.4 is 0 Å². The summed E-state index contributed by atoms with van der Waals surface area (Å²) in [5.74, 6) is 0. The van der Waals surface area contributed by atoms with Crippen LogP contribution in [-0.2, 0) is 9.05 Å². The van der Waals surface area contributed by atoms with Gasteiger partial charge in [0.15, 0.2) is 0 Å². The third-order valence-electron chi connectivity index (χ3n) is 1.95. The van der Waals surface area contributed by atoms with Crippen molar-refractivity contribution in [3.05, 3.63) is 33.4 Å². The fourth-order valence-corrected chi connectivity index (χ4v) is 2.48. The second-order valence-electron chi connectivity index (χ2n) is 3.10. The summed E-state index contributed by atoms with van der Waals surface area (Å²) in [6, 6.07) is 2.40. The molecule has 1 aromatic rings. The normalized spacial score (nSPS) is 11.4. The first-order chi connectivity index (χ1) is 6.73. The van der Waals surface area contributed by atoms with Crippen LogP contribution >= 0.6 is 10.7 Å². The highest BCUT2D eigenvalue weighted by Crippen LogP contribution is 2.27. The van der Waals surface area contributed by atoms with Gasteiger partial charge in [-0.05, 0) is 25.5 Å². The summed E-state index contributed by atoms with van der Waals surface area (Å²) in [5, 5.41) is 10.6. The predicted molar refractivity (Wildman–Crippen MR) is 55.6 cm³/mol. The fraction of sp³-hybridized carbons (Fsp3) is 0.250. The van der Waals surface area contributed by atoms with Gasteiger partial charge in [0, 0.05) is 22.3 Å². The molecule has 0 radical (unpaired) electrons. The fourth-order valence-electron chi connectivity index (χ4n) is 1.28. The summed E-state index contributed by atoms with van der Waals surface area (Å²) < 4.78 is 22.2. The zero-order chi connectivity index (χ0) is 11.8. The standard InChI is InChI=1S/C8H8ClNO4S/c1-5-3-6(2)8(15(9,13)14)4-7(5)10(11)12/h3-4H,1-2H3. The first kappa shape index (κ1) is 11.9. The molecule has 0 unspecified atom stereocenters. The maximum atomic E-state index is 11.1. The SMILES string of the molecule is Cc1cc(C)c(S(=O)(=O)Cl)cc1[N+](=O)[O-]. The molecule has 15 heavy (non-hydrogen) atoms. The Morgan fingerprint density at radius 1 is 1.27 bits per heavy atom. The Balaban J connectivity index is 3.58. The van der Waals surface area contributed by atoms with Crippen LogP contribution in [0.1, 0.15) is 11.1 Å². The Morgan fingerprint density at radius 2 is 1.80 bits per heavy atom. The Labute approximate surface area is 91.2 Å². The average molecular weight is 250 g/mol. The number of nitro benzene ring substituents is 1. The molecule has 0 saturated heterocycles. The van der Waals surface area contributed by atoms with E-state index in [9.17, 15) is 18.5 Å².